The minimum absolute atomic E-state index is 0.0568. The van der Waals surface area contributed by atoms with Gasteiger partial charge in [0, 0.05) is 32.5 Å². The molecule has 190 valence electrons. The lowest BCUT2D eigenvalue weighted by Crippen LogP contribution is -2.36. The number of hydrogen-bond acceptors (Lipinski definition) is 10. The van der Waals surface area contributed by atoms with E-state index in [4.69, 9.17) is 9.47 Å². The average Bonchev–Trinajstić information content (AvgIpc) is 3.65. The van der Waals surface area contributed by atoms with Crippen molar-refractivity contribution in [1.29, 1.82) is 0 Å². The van der Waals surface area contributed by atoms with Crippen LogP contribution in [0.1, 0.15) is 16.9 Å². The Morgan fingerprint density at radius 1 is 1.24 bits per heavy atom. The summed E-state index contributed by atoms with van der Waals surface area (Å²) in [6.45, 7) is 1.41. The summed E-state index contributed by atoms with van der Waals surface area (Å²) in [5.74, 6) is -0.775. The number of ether oxygens (including phenoxy) is 2. The Morgan fingerprint density at radius 2 is 2.11 bits per heavy atom. The van der Waals surface area contributed by atoms with Gasteiger partial charge in [-0.15, -0.1) is 0 Å². The van der Waals surface area contributed by atoms with Crippen LogP contribution in [0, 0.1) is 5.82 Å². The van der Waals surface area contributed by atoms with Crippen LogP contribution in [0.15, 0.2) is 36.9 Å². The summed E-state index contributed by atoms with van der Waals surface area (Å²) < 4.78 is 27.7. The zero-order valence-corrected chi connectivity index (χ0v) is 20.5. The molecule has 0 saturated carbocycles. The molecule has 12 heteroatoms. The SMILES string of the molecule is CNc1nc(Nc2ccc(N3C[C@@H]4C[C@H]3CO4)cc2F)c(C(=O)OC)nc1-c1cncc2c1ncn2C. The number of anilines is 4. The molecule has 0 unspecified atom stereocenters. The van der Waals surface area contributed by atoms with Crippen molar-refractivity contribution in [3.05, 3.63) is 48.4 Å². The molecule has 2 N–H and O–H groups in total. The van der Waals surface area contributed by atoms with Crippen LogP contribution in [-0.4, -0.2) is 69.9 Å². The lowest BCUT2D eigenvalue weighted by atomic mass is 10.1. The van der Waals surface area contributed by atoms with Gasteiger partial charge >= 0.3 is 5.97 Å². The maximum Gasteiger partial charge on any atom is 0.360 e. The van der Waals surface area contributed by atoms with Crippen LogP contribution in [0.3, 0.4) is 0 Å². The van der Waals surface area contributed by atoms with E-state index in [0.29, 0.717) is 29.2 Å². The van der Waals surface area contributed by atoms with Crippen molar-refractivity contribution < 1.29 is 18.7 Å². The van der Waals surface area contributed by atoms with E-state index in [-0.39, 0.29) is 29.3 Å². The summed E-state index contributed by atoms with van der Waals surface area (Å²) >= 11 is 0. The molecule has 2 atom stereocenters. The Bertz CT molecular complexity index is 1520. The molecule has 4 aromatic rings. The topological polar surface area (TPSA) is 119 Å². The second-order valence-corrected chi connectivity index (χ2v) is 9.06. The van der Waals surface area contributed by atoms with Crippen molar-refractivity contribution in [1.82, 2.24) is 24.5 Å². The van der Waals surface area contributed by atoms with Gasteiger partial charge in [0.1, 0.15) is 17.0 Å². The summed E-state index contributed by atoms with van der Waals surface area (Å²) in [6, 6.07) is 5.22. The van der Waals surface area contributed by atoms with Crippen molar-refractivity contribution in [2.45, 2.75) is 18.6 Å². The number of benzene rings is 1. The summed E-state index contributed by atoms with van der Waals surface area (Å²) in [5.41, 5.74) is 3.26. The van der Waals surface area contributed by atoms with Crippen molar-refractivity contribution in [2.75, 3.05) is 42.8 Å². The van der Waals surface area contributed by atoms with Gasteiger partial charge in [-0.2, -0.15) is 0 Å². The quantitative estimate of drug-likeness (QED) is 0.379. The fourth-order valence-electron chi connectivity index (χ4n) is 4.97. The number of hydrogen-bond donors (Lipinski definition) is 2. The zero-order chi connectivity index (χ0) is 25.7. The largest absolute Gasteiger partial charge is 0.464 e. The number of nitrogens with one attached hydrogen (secondary N) is 2. The fraction of sp³-hybridized carbons (Fsp3) is 0.320. The van der Waals surface area contributed by atoms with Crippen LogP contribution >= 0.6 is 0 Å². The number of carbonyl (C=O) groups excluding carboxylic acids is 1. The molecule has 11 nitrogen and oxygen atoms in total. The predicted octanol–water partition coefficient (Wildman–Crippen LogP) is 3.11. The van der Waals surface area contributed by atoms with E-state index >= 15 is 4.39 Å². The third kappa shape index (κ3) is 3.89. The van der Waals surface area contributed by atoms with Crippen LogP contribution in [0.25, 0.3) is 22.3 Å². The summed E-state index contributed by atoms with van der Waals surface area (Å²) in [5, 5.41) is 5.95. The number of esters is 1. The molecule has 2 saturated heterocycles. The van der Waals surface area contributed by atoms with Gasteiger partial charge in [0.2, 0.25) is 0 Å². The number of aryl methyl sites for hydroxylation is 1. The van der Waals surface area contributed by atoms with Gasteiger partial charge in [0.15, 0.2) is 17.3 Å². The molecule has 2 aliphatic rings. The number of imidazole rings is 1. The Balaban J connectivity index is 1.39. The normalized spacial score (nSPS) is 18.4. The summed E-state index contributed by atoms with van der Waals surface area (Å²) in [7, 11) is 4.80. The second kappa shape index (κ2) is 8.96. The third-order valence-corrected chi connectivity index (χ3v) is 6.84. The highest BCUT2D eigenvalue weighted by molar-refractivity contribution is 5.98. The predicted molar refractivity (Wildman–Crippen MR) is 136 cm³/mol. The molecule has 6 rings (SSSR count). The molecule has 0 radical (unpaired) electrons. The molecule has 0 aliphatic carbocycles. The number of methoxy groups -OCH3 is 1. The number of fused-ring (bicyclic) bond motifs is 3. The van der Waals surface area contributed by atoms with Crippen molar-refractivity contribution in [3.8, 4) is 11.3 Å². The smallest absolute Gasteiger partial charge is 0.360 e. The first-order chi connectivity index (χ1) is 18.0. The van der Waals surface area contributed by atoms with Gasteiger partial charge in [-0.05, 0) is 24.6 Å². The van der Waals surface area contributed by atoms with Crippen molar-refractivity contribution in [2.24, 2.45) is 7.05 Å². The molecular weight excluding hydrogens is 479 g/mol. The second-order valence-electron chi connectivity index (χ2n) is 9.06. The molecule has 0 spiro atoms. The van der Waals surface area contributed by atoms with Gasteiger partial charge in [-0.1, -0.05) is 0 Å². The van der Waals surface area contributed by atoms with Crippen LogP contribution in [0.4, 0.5) is 27.4 Å². The minimum Gasteiger partial charge on any atom is -0.464 e. The van der Waals surface area contributed by atoms with Crippen LogP contribution in [-0.2, 0) is 16.5 Å². The Hall–Kier alpha value is -4.32. The molecule has 2 fully saturated rings. The van der Waals surface area contributed by atoms with E-state index < -0.39 is 11.8 Å². The molecule has 5 heterocycles. The highest BCUT2D eigenvalue weighted by atomic mass is 19.1. The Labute approximate surface area is 211 Å². The minimum atomic E-state index is -0.717. The number of halogens is 1. The molecule has 2 bridgehead atoms. The first-order valence-electron chi connectivity index (χ1n) is 11.8. The first kappa shape index (κ1) is 23.1. The lowest BCUT2D eigenvalue weighted by Gasteiger charge is -2.29. The van der Waals surface area contributed by atoms with E-state index in [1.807, 2.05) is 17.7 Å². The molecule has 1 aromatic carbocycles. The zero-order valence-electron chi connectivity index (χ0n) is 20.5. The summed E-state index contributed by atoms with van der Waals surface area (Å²) in [6.07, 6.45) is 6.15. The van der Waals surface area contributed by atoms with Crippen molar-refractivity contribution >= 4 is 40.0 Å². The fourth-order valence-corrected chi connectivity index (χ4v) is 4.97. The van der Waals surface area contributed by atoms with E-state index in [0.717, 1.165) is 24.2 Å². The summed E-state index contributed by atoms with van der Waals surface area (Å²) in [4.78, 5) is 32.8. The van der Waals surface area contributed by atoms with E-state index in [9.17, 15) is 4.79 Å². The molecular formula is C25H25FN8O3. The number of aromatic nitrogens is 5. The molecule has 3 aromatic heterocycles. The Kier molecular flexibility index (Phi) is 5.60. The van der Waals surface area contributed by atoms with E-state index in [1.165, 1.54) is 13.2 Å². The molecule has 37 heavy (non-hydrogen) atoms. The average molecular weight is 505 g/mol. The molecule has 2 aliphatic heterocycles. The van der Waals surface area contributed by atoms with Crippen LogP contribution in [0.2, 0.25) is 0 Å². The van der Waals surface area contributed by atoms with Gasteiger partial charge in [-0.3, -0.25) is 4.98 Å². The standard InChI is InChI=1S/C25H25FN8O3/c1-27-23-21(16-8-28-9-19-20(16)29-12-33(19)2)31-22(25(35)36-3)24(32-23)30-18-5-4-13(7-17(18)26)34-10-15-6-14(34)11-37-15/h4-5,7-9,12,14-15H,6,10-11H2,1-3H3,(H2,27,30,32)/t14-,15-/m0/s1. The maximum atomic E-state index is 15.2. The van der Waals surface area contributed by atoms with Crippen LogP contribution in [0.5, 0.6) is 0 Å². The first-order valence-corrected chi connectivity index (χ1v) is 11.8. The van der Waals surface area contributed by atoms with Gasteiger partial charge < -0.3 is 29.6 Å². The lowest BCUT2D eigenvalue weighted by molar-refractivity contribution is 0.0595. The van der Waals surface area contributed by atoms with Gasteiger partial charge in [0.25, 0.3) is 0 Å². The van der Waals surface area contributed by atoms with Crippen molar-refractivity contribution in [3.63, 3.8) is 0 Å². The van der Waals surface area contributed by atoms with Gasteiger partial charge in [-0.25, -0.2) is 24.1 Å². The molecule has 0 amide bonds. The maximum absolute atomic E-state index is 15.2. The Morgan fingerprint density at radius 3 is 2.81 bits per heavy atom. The number of rotatable bonds is 6. The van der Waals surface area contributed by atoms with Crippen LogP contribution < -0.4 is 15.5 Å². The van der Waals surface area contributed by atoms with Gasteiger partial charge in [0.05, 0.1) is 55.2 Å². The number of nitrogens with zero attached hydrogens (tertiary/aromatic N) is 6. The highest BCUT2D eigenvalue weighted by Gasteiger charge is 2.39. The van der Waals surface area contributed by atoms with E-state index in [1.54, 1.807) is 31.8 Å². The number of carbonyl (C=O) groups is 1. The van der Waals surface area contributed by atoms with E-state index in [2.05, 4.69) is 35.5 Å². The number of morpholine rings is 1. The number of pyridine rings is 1. The highest BCUT2D eigenvalue weighted by Crippen LogP contribution is 2.36. The monoisotopic (exact) mass is 504 g/mol. The third-order valence-electron chi connectivity index (χ3n) is 6.84.